The van der Waals surface area contributed by atoms with Gasteiger partial charge in [-0.15, -0.1) is 0 Å². The molecule has 0 heterocycles. The molecule has 0 atom stereocenters. The molecule has 0 aliphatic heterocycles. The molecule has 0 unspecified atom stereocenters. The normalized spacial score (nSPS) is 10.5. The van der Waals surface area contributed by atoms with Crippen molar-refractivity contribution in [1.82, 2.24) is 0 Å². The van der Waals surface area contributed by atoms with E-state index in [-0.39, 0.29) is 23.0 Å². The van der Waals surface area contributed by atoms with E-state index >= 15 is 0 Å². The lowest BCUT2D eigenvalue weighted by atomic mass is 10.3. The Morgan fingerprint density at radius 2 is 1.87 bits per heavy atom. The summed E-state index contributed by atoms with van der Waals surface area (Å²) in [5, 5.41) is 5.41. The Kier molecular flexibility index (Phi) is 5.70. The molecule has 4 nitrogen and oxygen atoms in total. The second-order valence-electron chi connectivity index (χ2n) is 4.43. The molecule has 0 saturated heterocycles. The maximum atomic E-state index is 13.5. The van der Waals surface area contributed by atoms with Gasteiger partial charge in [0.2, 0.25) is 5.91 Å². The van der Waals surface area contributed by atoms with Crippen molar-refractivity contribution in [2.75, 3.05) is 17.2 Å². The van der Waals surface area contributed by atoms with Gasteiger partial charge in [0.1, 0.15) is 11.6 Å². The number of amides is 1. The van der Waals surface area contributed by atoms with Gasteiger partial charge in [-0.1, -0.05) is 11.6 Å². The van der Waals surface area contributed by atoms with E-state index in [1.54, 1.807) is 0 Å². The lowest BCUT2D eigenvalue weighted by Gasteiger charge is -2.09. The minimum atomic E-state index is -2.91. The van der Waals surface area contributed by atoms with Crippen LogP contribution in [0.25, 0.3) is 0 Å². The van der Waals surface area contributed by atoms with Crippen LogP contribution in [0.5, 0.6) is 5.75 Å². The van der Waals surface area contributed by atoms with E-state index in [0.717, 1.165) is 6.07 Å². The van der Waals surface area contributed by atoms with Gasteiger partial charge < -0.3 is 15.4 Å². The second-order valence-corrected chi connectivity index (χ2v) is 4.87. The van der Waals surface area contributed by atoms with E-state index in [0.29, 0.717) is 5.69 Å². The predicted octanol–water partition coefficient (Wildman–Crippen LogP) is 4.13. The molecule has 0 radical (unpaired) electrons. The Balaban J connectivity index is 1.87. The fourth-order valence-corrected chi connectivity index (χ4v) is 1.89. The Bertz CT molecular complexity index is 681. The van der Waals surface area contributed by atoms with Crippen LogP contribution in [-0.2, 0) is 4.79 Å². The number of nitrogens with one attached hydrogen (secondary N) is 2. The third-order valence-corrected chi connectivity index (χ3v) is 2.97. The number of halogens is 4. The van der Waals surface area contributed by atoms with Crippen LogP contribution in [0.1, 0.15) is 0 Å². The summed E-state index contributed by atoms with van der Waals surface area (Å²) in [7, 11) is 0. The van der Waals surface area contributed by atoms with Gasteiger partial charge in [0.25, 0.3) is 0 Å². The third-order valence-electron chi connectivity index (χ3n) is 2.73. The molecule has 0 aliphatic carbocycles. The van der Waals surface area contributed by atoms with Crippen LogP contribution in [0, 0.1) is 5.82 Å². The zero-order valence-electron chi connectivity index (χ0n) is 11.7. The van der Waals surface area contributed by atoms with Crippen LogP contribution in [-0.4, -0.2) is 19.1 Å². The van der Waals surface area contributed by atoms with E-state index in [9.17, 15) is 18.0 Å². The fraction of sp³-hybridized carbons (Fsp3) is 0.133. The van der Waals surface area contributed by atoms with Crippen LogP contribution in [0.3, 0.4) is 0 Å². The second kappa shape index (κ2) is 7.73. The molecule has 23 heavy (non-hydrogen) atoms. The number of carbonyl (C=O) groups excluding carboxylic acids is 1. The molecule has 0 fully saturated rings. The molecule has 2 N–H and O–H groups in total. The van der Waals surface area contributed by atoms with Crippen molar-refractivity contribution in [3.8, 4) is 5.75 Å². The van der Waals surface area contributed by atoms with E-state index in [1.165, 1.54) is 36.4 Å². The lowest BCUT2D eigenvalue weighted by Crippen LogP contribution is -2.22. The van der Waals surface area contributed by atoms with Crippen molar-refractivity contribution in [2.24, 2.45) is 0 Å². The van der Waals surface area contributed by atoms with E-state index in [2.05, 4.69) is 15.4 Å². The first kappa shape index (κ1) is 17.0. The van der Waals surface area contributed by atoms with E-state index in [4.69, 9.17) is 11.6 Å². The minimum Gasteiger partial charge on any atom is -0.435 e. The summed E-state index contributed by atoms with van der Waals surface area (Å²) in [5.41, 5.74) is 0.542. The zero-order chi connectivity index (χ0) is 16.8. The number of hydrogen-bond acceptors (Lipinski definition) is 3. The molecular formula is C15H12ClF3N2O2. The van der Waals surface area contributed by atoms with Gasteiger partial charge in [0.15, 0.2) is 0 Å². The van der Waals surface area contributed by atoms with Gasteiger partial charge in [0.05, 0.1) is 12.2 Å². The molecule has 0 aromatic heterocycles. The number of benzene rings is 2. The highest BCUT2D eigenvalue weighted by Gasteiger charge is 2.07. The SMILES string of the molecule is O=C(CNc1ccc(Cl)cc1F)Nc1ccc(OC(F)F)cc1. The molecule has 8 heteroatoms. The van der Waals surface area contributed by atoms with Crippen molar-refractivity contribution in [2.45, 2.75) is 6.61 Å². The Hall–Kier alpha value is -2.41. The average molecular weight is 345 g/mol. The molecule has 0 saturated carbocycles. The Morgan fingerprint density at radius 1 is 1.17 bits per heavy atom. The minimum absolute atomic E-state index is 0.0145. The highest BCUT2D eigenvalue weighted by atomic mass is 35.5. The summed E-state index contributed by atoms with van der Waals surface area (Å²) >= 11 is 5.63. The van der Waals surface area contributed by atoms with Crippen molar-refractivity contribution < 1.29 is 22.7 Å². The van der Waals surface area contributed by atoms with Gasteiger partial charge in [0, 0.05) is 10.7 Å². The third kappa shape index (κ3) is 5.37. The van der Waals surface area contributed by atoms with Gasteiger partial charge in [-0.25, -0.2) is 4.39 Å². The van der Waals surface area contributed by atoms with Crippen LogP contribution in [0.4, 0.5) is 24.5 Å². The molecule has 0 bridgehead atoms. The number of rotatable bonds is 6. The highest BCUT2D eigenvalue weighted by Crippen LogP contribution is 2.19. The lowest BCUT2D eigenvalue weighted by molar-refractivity contribution is -0.114. The molecule has 1 amide bonds. The summed E-state index contributed by atoms with van der Waals surface area (Å²) < 4.78 is 41.7. The monoisotopic (exact) mass is 344 g/mol. The largest absolute Gasteiger partial charge is 0.435 e. The summed E-state index contributed by atoms with van der Waals surface area (Å²) in [6.07, 6.45) is 0. The number of ether oxygens (including phenoxy) is 1. The Labute approximate surface area is 135 Å². The van der Waals surface area contributed by atoms with Crippen molar-refractivity contribution in [1.29, 1.82) is 0 Å². The summed E-state index contributed by atoms with van der Waals surface area (Å²) in [6, 6.07) is 9.47. The number of carbonyl (C=O) groups is 1. The molecular weight excluding hydrogens is 333 g/mol. The van der Waals surface area contributed by atoms with E-state index < -0.39 is 18.3 Å². The quantitative estimate of drug-likeness (QED) is 0.828. The molecule has 122 valence electrons. The first-order chi connectivity index (χ1) is 10.9. The molecule has 0 aliphatic rings. The molecule has 2 rings (SSSR count). The molecule has 0 spiro atoms. The van der Waals surface area contributed by atoms with Crippen LogP contribution < -0.4 is 15.4 Å². The summed E-state index contributed by atoms with van der Waals surface area (Å²) in [5.74, 6) is -1.01. The zero-order valence-corrected chi connectivity index (χ0v) is 12.4. The standard InChI is InChI=1S/C15H12ClF3N2O2/c16-9-1-6-13(12(17)7-9)20-8-14(22)21-10-2-4-11(5-3-10)23-15(18)19/h1-7,15,20H,8H2,(H,21,22). The van der Waals surface area contributed by atoms with Gasteiger partial charge in [-0.3, -0.25) is 4.79 Å². The maximum absolute atomic E-state index is 13.5. The molecule has 2 aromatic carbocycles. The first-order valence-electron chi connectivity index (χ1n) is 6.47. The van der Waals surface area contributed by atoms with Crippen molar-refractivity contribution >= 4 is 28.9 Å². The number of alkyl halides is 2. The van der Waals surface area contributed by atoms with Gasteiger partial charge >= 0.3 is 6.61 Å². The number of anilines is 2. The van der Waals surface area contributed by atoms with Crippen molar-refractivity contribution in [3.05, 3.63) is 53.3 Å². The highest BCUT2D eigenvalue weighted by molar-refractivity contribution is 6.30. The summed E-state index contributed by atoms with van der Waals surface area (Å²) in [6.45, 7) is -3.08. The summed E-state index contributed by atoms with van der Waals surface area (Å²) in [4.78, 5) is 11.8. The molecule has 2 aromatic rings. The van der Waals surface area contributed by atoms with Crippen molar-refractivity contribution in [3.63, 3.8) is 0 Å². The topological polar surface area (TPSA) is 50.4 Å². The fourth-order valence-electron chi connectivity index (χ4n) is 1.73. The average Bonchev–Trinajstić information content (AvgIpc) is 2.48. The Morgan fingerprint density at radius 3 is 2.48 bits per heavy atom. The van der Waals surface area contributed by atoms with Crippen LogP contribution in [0.2, 0.25) is 5.02 Å². The first-order valence-corrected chi connectivity index (χ1v) is 6.85. The maximum Gasteiger partial charge on any atom is 0.387 e. The van der Waals surface area contributed by atoms with E-state index in [1.807, 2.05) is 0 Å². The number of hydrogen-bond donors (Lipinski definition) is 2. The van der Waals surface area contributed by atoms with Crippen LogP contribution >= 0.6 is 11.6 Å². The van der Waals surface area contributed by atoms with Gasteiger partial charge in [-0.2, -0.15) is 8.78 Å². The van der Waals surface area contributed by atoms with Gasteiger partial charge in [-0.05, 0) is 42.5 Å². The smallest absolute Gasteiger partial charge is 0.387 e. The van der Waals surface area contributed by atoms with Crippen LogP contribution in [0.15, 0.2) is 42.5 Å². The predicted molar refractivity (Wildman–Crippen MR) is 81.6 cm³/mol.